The number of hydrogen-bond acceptors (Lipinski definition) is 7. The minimum Gasteiger partial charge on any atom is -0.497 e. The highest BCUT2D eigenvalue weighted by atomic mass is 32.2. The summed E-state index contributed by atoms with van der Waals surface area (Å²) in [6.45, 7) is 0.251. The third-order valence-corrected chi connectivity index (χ3v) is 8.61. The molecule has 1 saturated heterocycles. The van der Waals surface area contributed by atoms with Crippen molar-refractivity contribution in [3.8, 4) is 5.75 Å². The van der Waals surface area contributed by atoms with E-state index in [4.69, 9.17) is 9.47 Å². The number of carbonyl (C=O) groups excluding carboxylic acids is 2. The number of amides is 1. The zero-order valence-electron chi connectivity index (χ0n) is 18.3. The molecule has 2 aromatic carbocycles. The largest absolute Gasteiger partial charge is 0.497 e. The van der Waals surface area contributed by atoms with Gasteiger partial charge in [-0.2, -0.15) is 9.30 Å². The molecule has 2 heterocycles. The molecule has 1 amide bonds. The van der Waals surface area contributed by atoms with Gasteiger partial charge in [0.25, 0.3) is 5.91 Å². The van der Waals surface area contributed by atoms with Crippen LogP contribution < -0.4 is 9.54 Å². The maximum absolute atomic E-state index is 13.2. The van der Waals surface area contributed by atoms with Crippen molar-refractivity contribution < 1.29 is 27.5 Å². The van der Waals surface area contributed by atoms with Gasteiger partial charge in [-0.05, 0) is 55.3 Å². The third kappa shape index (κ3) is 4.31. The van der Waals surface area contributed by atoms with E-state index in [2.05, 4.69) is 4.99 Å². The molecule has 174 valence electrons. The molecule has 0 radical (unpaired) electrons. The van der Waals surface area contributed by atoms with Crippen LogP contribution in [0.4, 0.5) is 0 Å². The highest BCUT2D eigenvalue weighted by molar-refractivity contribution is 7.89. The molecule has 1 aliphatic heterocycles. The number of ether oxygens (including phenoxy) is 2. The third-order valence-electron chi connectivity index (χ3n) is 5.59. The maximum Gasteiger partial charge on any atom is 0.337 e. The lowest BCUT2D eigenvalue weighted by molar-refractivity contribution is -0.121. The van der Waals surface area contributed by atoms with E-state index in [1.807, 2.05) is 0 Å². The fourth-order valence-corrected chi connectivity index (χ4v) is 6.53. The minimum atomic E-state index is -3.86. The molecule has 1 aliphatic rings. The van der Waals surface area contributed by atoms with Crippen LogP contribution in [0, 0.1) is 0 Å². The van der Waals surface area contributed by atoms with Gasteiger partial charge in [-0.25, -0.2) is 13.2 Å². The molecular formula is C22H23N3O6S2. The van der Waals surface area contributed by atoms with Crippen molar-refractivity contribution in [1.29, 1.82) is 0 Å². The Bertz CT molecular complexity index is 1390. The van der Waals surface area contributed by atoms with Crippen molar-refractivity contribution in [1.82, 2.24) is 8.87 Å². The number of methoxy groups -OCH3 is 2. The topological polar surface area (TPSA) is 107 Å². The normalized spacial score (nSPS) is 17.4. The summed E-state index contributed by atoms with van der Waals surface area (Å²) < 4.78 is 40.0. The number of esters is 1. The molecule has 1 fully saturated rings. The molecular weight excluding hydrogens is 466 g/mol. The van der Waals surface area contributed by atoms with Crippen molar-refractivity contribution in [2.24, 2.45) is 12.0 Å². The van der Waals surface area contributed by atoms with Gasteiger partial charge in [-0.1, -0.05) is 11.3 Å². The number of aromatic nitrogens is 1. The van der Waals surface area contributed by atoms with E-state index in [-0.39, 0.29) is 11.4 Å². The van der Waals surface area contributed by atoms with Crippen LogP contribution in [0.5, 0.6) is 5.75 Å². The molecule has 4 rings (SSSR count). The van der Waals surface area contributed by atoms with Crippen LogP contribution in [0.2, 0.25) is 0 Å². The van der Waals surface area contributed by atoms with Crippen LogP contribution in [0.25, 0.3) is 10.2 Å². The zero-order valence-corrected chi connectivity index (χ0v) is 20.0. The summed E-state index contributed by atoms with van der Waals surface area (Å²) in [5, 5.41) is 0. The minimum absolute atomic E-state index is 0.103. The molecule has 1 unspecified atom stereocenters. The molecule has 3 aromatic rings. The SMILES string of the molecule is COC(=O)c1ccc2c(c1)sc(=NC(=O)C1CCCN1S(=O)(=O)c1ccc(OC)cc1)n2C. The Balaban J connectivity index is 1.66. The molecule has 1 atom stereocenters. The number of sulfonamides is 1. The highest BCUT2D eigenvalue weighted by Crippen LogP contribution is 2.28. The van der Waals surface area contributed by atoms with E-state index in [0.717, 1.165) is 10.2 Å². The van der Waals surface area contributed by atoms with Crippen LogP contribution >= 0.6 is 11.3 Å². The van der Waals surface area contributed by atoms with Gasteiger partial charge >= 0.3 is 5.97 Å². The number of aryl methyl sites for hydroxylation is 1. The first-order valence-corrected chi connectivity index (χ1v) is 12.4. The van der Waals surface area contributed by atoms with Crippen LogP contribution in [-0.2, 0) is 26.6 Å². The van der Waals surface area contributed by atoms with Crippen molar-refractivity contribution in [2.45, 2.75) is 23.8 Å². The molecule has 1 aromatic heterocycles. The molecule has 0 saturated carbocycles. The number of nitrogens with zero attached hydrogens (tertiary/aromatic N) is 3. The summed E-state index contributed by atoms with van der Waals surface area (Å²) in [5.41, 5.74) is 1.20. The average Bonchev–Trinajstić information content (AvgIpc) is 3.44. The quantitative estimate of drug-likeness (QED) is 0.509. The second-order valence-electron chi connectivity index (χ2n) is 7.52. The summed E-state index contributed by atoms with van der Waals surface area (Å²) in [4.78, 5) is 29.7. The van der Waals surface area contributed by atoms with Gasteiger partial charge in [0, 0.05) is 13.6 Å². The van der Waals surface area contributed by atoms with E-state index in [0.29, 0.717) is 29.0 Å². The molecule has 0 spiro atoms. The lowest BCUT2D eigenvalue weighted by Gasteiger charge is -2.21. The Morgan fingerprint density at radius 3 is 2.52 bits per heavy atom. The predicted octanol–water partition coefficient (Wildman–Crippen LogP) is 2.32. The molecule has 11 heteroatoms. The number of benzene rings is 2. The van der Waals surface area contributed by atoms with Crippen molar-refractivity contribution in [3.05, 3.63) is 52.8 Å². The number of rotatable bonds is 5. The van der Waals surface area contributed by atoms with E-state index in [9.17, 15) is 18.0 Å². The molecule has 0 aliphatic carbocycles. The van der Waals surface area contributed by atoms with Crippen molar-refractivity contribution >= 4 is 43.5 Å². The second kappa shape index (κ2) is 9.08. The van der Waals surface area contributed by atoms with Crippen LogP contribution in [0.15, 0.2) is 52.4 Å². The predicted molar refractivity (Wildman–Crippen MR) is 123 cm³/mol. The van der Waals surface area contributed by atoms with Gasteiger partial charge in [-0.3, -0.25) is 4.79 Å². The van der Waals surface area contributed by atoms with Gasteiger partial charge in [0.1, 0.15) is 11.8 Å². The van der Waals surface area contributed by atoms with Crippen molar-refractivity contribution in [2.75, 3.05) is 20.8 Å². The maximum atomic E-state index is 13.2. The van der Waals surface area contributed by atoms with Gasteiger partial charge in [0.05, 0.1) is 34.9 Å². The first kappa shape index (κ1) is 23.1. The monoisotopic (exact) mass is 489 g/mol. The van der Waals surface area contributed by atoms with E-state index in [1.165, 1.54) is 42.0 Å². The standard InChI is InChI=1S/C22H23N3O6S2/c1-24-17-11-6-14(21(27)31-3)13-19(17)32-22(24)23-20(26)18-5-4-12-25(18)33(28,29)16-9-7-15(30-2)8-10-16/h6-11,13,18H,4-5,12H2,1-3H3. The summed E-state index contributed by atoms with van der Waals surface area (Å²) >= 11 is 1.25. The molecule has 0 bridgehead atoms. The first-order chi connectivity index (χ1) is 15.8. The van der Waals surface area contributed by atoms with Gasteiger partial charge < -0.3 is 14.0 Å². The average molecular weight is 490 g/mol. The lowest BCUT2D eigenvalue weighted by Crippen LogP contribution is -2.40. The Morgan fingerprint density at radius 2 is 1.85 bits per heavy atom. The second-order valence-corrected chi connectivity index (χ2v) is 10.4. The molecule has 9 nitrogen and oxygen atoms in total. The smallest absolute Gasteiger partial charge is 0.337 e. The number of fused-ring (bicyclic) bond motifs is 1. The Morgan fingerprint density at radius 1 is 1.12 bits per heavy atom. The van der Waals surface area contributed by atoms with E-state index >= 15 is 0 Å². The first-order valence-electron chi connectivity index (χ1n) is 10.2. The van der Waals surface area contributed by atoms with Gasteiger partial charge in [0.2, 0.25) is 10.0 Å². The van der Waals surface area contributed by atoms with Crippen molar-refractivity contribution in [3.63, 3.8) is 0 Å². The fraction of sp³-hybridized carbons (Fsp3) is 0.318. The van der Waals surface area contributed by atoms with Crippen LogP contribution in [0.3, 0.4) is 0 Å². The molecule has 33 heavy (non-hydrogen) atoms. The Labute approximate surface area is 194 Å². The van der Waals surface area contributed by atoms with Gasteiger partial charge in [-0.15, -0.1) is 0 Å². The highest BCUT2D eigenvalue weighted by Gasteiger charge is 2.39. The Kier molecular flexibility index (Phi) is 6.37. The van der Waals surface area contributed by atoms with Crippen LogP contribution in [0.1, 0.15) is 23.2 Å². The lowest BCUT2D eigenvalue weighted by atomic mass is 10.2. The number of thiazole rings is 1. The fourth-order valence-electron chi connectivity index (χ4n) is 3.81. The summed E-state index contributed by atoms with van der Waals surface area (Å²) in [6.07, 6.45) is 0.973. The number of hydrogen-bond donors (Lipinski definition) is 0. The summed E-state index contributed by atoms with van der Waals surface area (Å²) in [7, 11) is 0.724. The van der Waals surface area contributed by atoms with E-state index < -0.39 is 27.9 Å². The zero-order chi connectivity index (χ0) is 23.8. The molecule has 0 N–H and O–H groups in total. The van der Waals surface area contributed by atoms with Gasteiger partial charge in [0.15, 0.2) is 4.80 Å². The van der Waals surface area contributed by atoms with E-state index in [1.54, 1.807) is 41.9 Å². The number of carbonyl (C=O) groups is 2. The summed E-state index contributed by atoms with van der Waals surface area (Å²) in [6, 6.07) is 10.3. The van der Waals surface area contributed by atoms with Crippen LogP contribution in [-0.4, -0.2) is 56.0 Å². The Hall–Kier alpha value is -3.02. The summed E-state index contributed by atoms with van der Waals surface area (Å²) in [5.74, 6) is -0.418.